The van der Waals surface area contributed by atoms with Crippen LogP contribution in [0.1, 0.15) is 65.6 Å². The number of hydrogen-bond acceptors (Lipinski definition) is 4. The van der Waals surface area contributed by atoms with Crippen LogP contribution >= 0.6 is 0 Å². The summed E-state index contributed by atoms with van der Waals surface area (Å²) in [5, 5.41) is 9.74. The molecule has 0 atom stereocenters. The van der Waals surface area contributed by atoms with Crippen molar-refractivity contribution < 1.29 is 9.90 Å². The number of carbonyl (C=O) groups excluding carboxylic acids is 1. The summed E-state index contributed by atoms with van der Waals surface area (Å²) in [6.07, 6.45) is 8.32. The van der Waals surface area contributed by atoms with Crippen LogP contribution in [0.4, 0.5) is 5.69 Å². The van der Waals surface area contributed by atoms with Crippen LogP contribution in [0.15, 0.2) is 72.8 Å². The number of nitrogens with zero attached hydrogens (tertiary/aromatic N) is 3. The van der Waals surface area contributed by atoms with E-state index in [2.05, 4.69) is 52.0 Å². The first-order valence-electron chi connectivity index (χ1n) is 16.1. The average molecular weight is 574 g/mol. The summed E-state index contributed by atoms with van der Waals surface area (Å²) < 4.78 is 0. The monoisotopic (exact) mass is 573 g/mol. The van der Waals surface area contributed by atoms with Gasteiger partial charge in [0.25, 0.3) is 5.91 Å². The maximum atomic E-state index is 13.4. The summed E-state index contributed by atoms with van der Waals surface area (Å²) >= 11 is 0. The Morgan fingerprint density at radius 3 is 2.21 bits per heavy atom. The highest BCUT2D eigenvalue weighted by atomic mass is 16.3. The van der Waals surface area contributed by atoms with E-state index in [1.54, 1.807) is 12.1 Å². The summed E-state index contributed by atoms with van der Waals surface area (Å²) in [6, 6.07) is 23.8. The van der Waals surface area contributed by atoms with Crippen LogP contribution in [0.3, 0.4) is 0 Å². The molecule has 5 aliphatic rings. The van der Waals surface area contributed by atoms with Gasteiger partial charge >= 0.3 is 0 Å². The Hall–Kier alpha value is -3.75. The molecular weight excluding hydrogens is 530 g/mol. The molecule has 0 radical (unpaired) electrons. The Morgan fingerprint density at radius 1 is 0.860 bits per heavy atom. The fourth-order valence-electron chi connectivity index (χ4n) is 9.00. The van der Waals surface area contributed by atoms with Crippen molar-refractivity contribution in [2.45, 2.75) is 45.1 Å². The molecule has 1 saturated heterocycles. The molecule has 222 valence electrons. The minimum Gasteiger partial charge on any atom is -0.508 e. The molecule has 3 aromatic rings. The van der Waals surface area contributed by atoms with Crippen LogP contribution < -0.4 is 4.90 Å². The third-order valence-corrected chi connectivity index (χ3v) is 10.5. The maximum absolute atomic E-state index is 13.4. The normalized spacial score (nSPS) is 26.2. The first-order chi connectivity index (χ1) is 20.9. The third kappa shape index (κ3) is 6.17. The van der Waals surface area contributed by atoms with Gasteiger partial charge in [0.15, 0.2) is 0 Å². The molecule has 43 heavy (non-hydrogen) atoms. The number of benzene rings is 3. The Morgan fingerprint density at radius 2 is 1.53 bits per heavy atom. The molecule has 1 N–H and O–H groups in total. The van der Waals surface area contributed by atoms with E-state index in [0.29, 0.717) is 5.41 Å². The first kappa shape index (κ1) is 28.0. The number of anilines is 1. The Balaban J connectivity index is 0.933. The van der Waals surface area contributed by atoms with Gasteiger partial charge in [-0.25, -0.2) is 0 Å². The van der Waals surface area contributed by atoms with Gasteiger partial charge in [-0.15, -0.1) is 0 Å². The number of amides is 1. The van der Waals surface area contributed by atoms with E-state index in [1.807, 2.05) is 42.3 Å². The van der Waals surface area contributed by atoms with Crippen LogP contribution in [0.5, 0.6) is 5.75 Å². The molecule has 5 heteroatoms. The molecule has 1 amide bonds. The summed E-state index contributed by atoms with van der Waals surface area (Å²) in [5.41, 5.74) is 5.43. The number of aromatic hydroxyl groups is 1. The third-order valence-electron chi connectivity index (χ3n) is 10.5. The number of hydrogen-bond donors (Lipinski definition) is 1. The smallest absolute Gasteiger partial charge is 0.253 e. The lowest BCUT2D eigenvalue weighted by Gasteiger charge is -2.57. The minimum absolute atomic E-state index is 0.165. The zero-order valence-electron chi connectivity index (χ0n) is 25.3. The molecule has 5 fully saturated rings. The van der Waals surface area contributed by atoms with Crippen LogP contribution in [-0.4, -0.2) is 60.6 Å². The predicted molar refractivity (Wildman–Crippen MR) is 172 cm³/mol. The van der Waals surface area contributed by atoms with E-state index in [4.69, 9.17) is 0 Å². The van der Waals surface area contributed by atoms with Gasteiger partial charge in [-0.2, -0.15) is 0 Å². The number of rotatable bonds is 6. The highest BCUT2D eigenvalue weighted by molar-refractivity contribution is 5.94. The van der Waals surface area contributed by atoms with Gasteiger partial charge in [-0.05, 0) is 116 Å². The number of phenolic OH excluding ortho intramolecular Hbond substituents is 1. The molecule has 8 rings (SSSR count). The van der Waals surface area contributed by atoms with Crippen molar-refractivity contribution in [1.82, 2.24) is 9.80 Å². The molecule has 1 heterocycles. The number of piperazine rings is 1. The van der Waals surface area contributed by atoms with Crippen molar-refractivity contribution in [3.8, 4) is 17.6 Å². The van der Waals surface area contributed by atoms with Gasteiger partial charge in [0, 0.05) is 68.7 Å². The quantitative estimate of drug-likeness (QED) is 0.347. The fourth-order valence-corrected chi connectivity index (χ4v) is 9.00. The van der Waals surface area contributed by atoms with Crippen molar-refractivity contribution in [1.29, 1.82) is 0 Å². The van der Waals surface area contributed by atoms with E-state index in [1.165, 1.54) is 49.8 Å². The lowest BCUT2D eigenvalue weighted by Crippen LogP contribution is -2.51. The van der Waals surface area contributed by atoms with Crippen molar-refractivity contribution in [2.75, 3.05) is 44.7 Å². The molecule has 0 aromatic heterocycles. The van der Waals surface area contributed by atoms with E-state index < -0.39 is 0 Å². The van der Waals surface area contributed by atoms with E-state index in [9.17, 15) is 9.90 Å². The summed E-state index contributed by atoms with van der Waals surface area (Å²) in [7, 11) is 2.02. The molecule has 4 aliphatic carbocycles. The molecule has 1 aliphatic heterocycles. The van der Waals surface area contributed by atoms with Gasteiger partial charge in [0.05, 0.1) is 0 Å². The Kier molecular flexibility index (Phi) is 7.65. The molecule has 0 spiro atoms. The van der Waals surface area contributed by atoms with Crippen molar-refractivity contribution in [2.24, 2.45) is 23.2 Å². The zero-order chi connectivity index (χ0) is 29.4. The van der Waals surface area contributed by atoms with Crippen LogP contribution in [0, 0.1) is 35.0 Å². The topological polar surface area (TPSA) is 47.0 Å². The highest BCUT2D eigenvalue weighted by Gasteiger charge is 2.51. The maximum Gasteiger partial charge on any atom is 0.253 e. The van der Waals surface area contributed by atoms with E-state index >= 15 is 0 Å². The van der Waals surface area contributed by atoms with Crippen molar-refractivity contribution in [3.05, 3.63) is 95.1 Å². The summed E-state index contributed by atoms with van der Waals surface area (Å²) in [5.74, 6) is 9.64. The van der Waals surface area contributed by atoms with Crippen molar-refractivity contribution >= 4 is 11.6 Å². The summed E-state index contributed by atoms with van der Waals surface area (Å²) in [4.78, 5) is 20.4. The largest absolute Gasteiger partial charge is 0.508 e. The molecular formula is C38H43N3O2. The standard InChI is InChI=1S/C38H43N3O2/c1-39(27-38-23-29-19-30(24-38)21-31(20-29)25-38)37(43)33-11-13-35(14-12-33)41-17-15-40(16-18-41)26-34-7-3-2-6-32(34)10-9-28-5-4-8-36(42)22-28/h2-8,11-14,22,29-31,42H,15-21,23-27H2,1H3. The van der Waals surface area contributed by atoms with Gasteiger partial charge in [-0.1, -0.05) is 36.1 Å². The Bertz CT molecular complexity index is 1490. The second-order valence-electron chi connectivity index (χ2n) is 13.8. The lowest BCUT2D eigenvalue weighted by atomic mass is 9.49. The van der Waals surface area contributed by atoms with E-state index in [-0.39, 0.29) is 11.7 Å². The van der Waals surface area contributed by atoms with Crippen LogP contribution in [-0.2, 0) is 6.54 Å². The minimum atomic E-state index is 0.165. The average Bonchev–Trinajstić information content (AvgIpc) is 3.00. The van der Waals surface area contributed by atoms with Gasteiger partial charge < -0.3 is 14.9 Å². The zero-order valence-corrected chi connectivity index (χ0v) is 25.3. The highest BCUT2D eigenvalue weighted by Crippen LogP contribution is 2.60. The second kappa shape index (κ2) is 11.7. The fraction of sp³-hybridized carbons (Fsp3) is 0.447. The van der Waals surface area contributed by atoms with Crippen LogP contribution in [0.25, 0.3) is 0 Å². The van der Waals surface area contributed by atoms with Gasteiger partial charge in [0.1, 0.15) is 5.75 Å². The van der Waals surface area contributed by atoms with Crippen LogP contribution in [0.2, 0.25) is 0 Å². The summed E-state index contributed by atoms with van der Waals surface area (Å²) in [6.45, 7) is 5.64. The second-order valence-corrected chi connectivity index (χ2v) is 13.8. The molecule has 4 saturated carbocycles. The molecule has 0 unspecified atom stereocenters. The molecule has 5 nitrogen and oxygen atoms in total. The predicted octanol–water partition coefficient (Wildman–Crippen LogP) is 6.40. The lowest BCUT2D eigenvalue weighted by molar-refractivity contribution is -0.0629. The van der Waals surface area contributed by atoms with Crippen molar-refractivity contribution in [3.63, 3.8) is 0 Å². The van der Waals surface area contributed by atoms with Gasteiger partial charge in [0.2, 0.25) is 0 Å². The SMILES string of the molecule is CN(CC12CC3CC(CC(C3)C1)C2)C(=O)c1ccc(N2CCN(Cc3ccccc3C#Cc3cccc(O)c3)CC2)cc1. The molecule has 3 aromatic carbocycles. The van der Waals surface area contributed by atoms with E-state index in [0.717, 1.165) is 73.7 Å². The van der Waals surface area contributed by atoms with Gasteiger partial charge in [-0.3, -0.25) is 9.69 Å². The Labute approximate surface area is 256 Å². The number of carbonyl (C=O) groups is 1. The molecule has 4 bridgehead atoms. The first-order valence-corrected chi connectivity index (χ1v) is 16.1. The number of phenols is 1.